The number of phosphoric acid groups is 1. The van der Waals surface area contributed by atoms with Crippen LogP contribution >= 0.6 is 7.82 Å². The van der Waals surface area contributed by atoms with Crippen molar-refractivity contribution in [3.05, 3.63) is 24.3 Å². The van der Waals surface area contributed by atoms with E-state index < -0.39 is 20.0 Å². The van der Waals surface area contributed by atoms with Gasteiger partial charge in [0.25, 0.3) is 7.82 Å². The molecule has 3 unspecified atom stereocenters. The van der Waals surface area contributed by atoms with Gasteiger partial charge in [-0.25, -0.2) is 0 Å². The summed E-state index contributed by atoms with van der Waals surface area (Å²) >= 11 is 0. The fourth-order valence-corrected chi connectivity index (χ4v) is 7.42. The van der Waals surface area contributed by atoms with E-state index in [1.165, 1.54) is 154 Å². The van der Waals surface area contributed by atoms with Gasteiger partial charge in [-0.15, -0.1) is 0 Å². The maximum atomic E-state index is 12.9. The smallest absolute Gasteiger partial charge is 0.268 e. The number of quaternary nitrogens is 1. The molecule has 0 saturated heterocycles. The third-order valence-electron chi connectivity index (χ3n) is 10.4. The quantitative estimate of drug-likeness (QED) is 0.0276. The van der Waals surface area contributed by atoms with E-state index in [0.29, 0.717) is 17.4 Å². The molecule has 0 fully saturated rings. The Balaban J connectivity index is 4.42. The molecular weight excluding hydrogens is 707 g/mol. The van der Waals surface area contributed by atoms with Crippen molar-refractivity contribution >= 4 is 13.7 Å². The van der Waals surface area contributed by atoms with Crippen molar-refractivity contribution in [2.75, 3.05) is 40.9 Å². The van der Waals surface area contributed by atoms with Crippen LogP contribution in [0.15, 0.2) is 24.3 Å². The number of aliphatic hydroxyl groups is 1. The molecule has 2 N–H and O–H groups in total. The van der Waals surface area contributed by atoms with E-state index in [-0.39, 0.29) is 19.1 Å². The van der Waals surface area contributed by atoms with Crippen molar-refractivity contribution in [3.8, 4) is 0 Å². The summed E-state index contributed by atoms with van der Waals surface area (Å²) in [6.45, 7) is 4.64. The first-order valence-corrected chi connectivity index (χ1v) is 24.7. The lowest BCUT2D eigenvalue weighted by Crippen LogP contribution is -2.45. The number of rotatable bonds is 42. The first-order valence-electron chi connectivity index (χ1n) is 23.2. The second-order valence-corrected chi connectivity index (χ2v) is 18.5. The lowest BCUT2D eigenvalue weighted by molar-refractivity contribution is -0.870. The molecule has 0 aromatic rings. The van der Waals surface area contributed by atoms with Crippen molar-refractivity contribution in [2.24, 2.45) is 0 Å². The van der Waals surface area contributed by atoms with Crippen LogP contribution in [0, 0.1) is 0 Å². The van der Waals surface area contributed by atoms with Gasteiger partial charge in [0, 0.05) is 6.42 Å². The topological polar surface area (TPSA) is 108 Å². The lowest BCUT2D eigenvalue weighted by Gasteiger charge is -2.29. The zero-order chi connectivity index (χ0) is 40.7. The minimum Gasteiger partial charge on any atom is -0.756 e. The van der Waals surface area contributed by atoms with E-state index in [1.54, 1.807) is 6.08 Å². The van der Waals surface area contributed by atoms with Gasteiger partial charge in [-0.2, -0.15) is 0 Å². The summed E-state index contributed by atoms with van der Waals surface area (Å²) in [5.74, 6) is -0.205. The average Bonchev–Trinajstić information content (AvgIpc) is 3.13. The first kappa shape index (κ1) is 54.0. The second kappa shape index (κ2) is 38.5. The minimum atomic E-state index is -4.59. The molecular formula is C46H91N2O6P. The van der Waals surface area contributed by atoms with Crippen LogP contribution in [0.1, 0.15) is 213 Å². The number of aliphatic hydroxyl groups excluding tert-OH is 1. The van der Waals surface area contributed by atoms with E-state index >= 15 is 0 Å². The Labute approximate surface area is 341 Å². The molecule has 0 heterocycles. The van der Waals surface area contributed by atoms with Gasteiger partial charge in [0.15, 0.2) is 0 Å². The number of hydrogen-bond acceptors (Lipinski definition) is 6. The zero-order valence-electron chi connectivity index (χ0n) is 36.9. The van der Waals surface area contributed by atoms with Gasteiger partial charge in [-0.3, -0.25) is 9.36 Å². The number of carbonyl (C=O) groups is 1. The molecule has 0 aromatic carbocycles. The van der Waals surface area contributed by atoms with E-state index in [2.05, 4.69) is 31.3 Å². The van der Waals surface area contributed by atoms with Crippen LogP contribution < -0.4 is 10.2 Å². The van der Waals surface area contributed by atoms with Crippen LogP contribution in [-0.4, -0.2) is 68.5 Å². The van der Waals surface area contributed by atoms with Gasteiger partial charge in [0.2, 0.25) is 5.91 Å². The van der Waals surface area contributed by atoms with Crippen LogP contribution in [0.3, 0.4) is 0 Å². The van der Waals surface area contributed by atoms with E-state index in [9.17, 15) is 19.4 Å². The van der Waals surface area contributed by atoms with Crippen molar-refractivity contribution in [3.63, 3.8) is 0 Å². The highest BCUT2D eigenvalue weighted by Crippen LogP contribution is 2.38. The summed E-state index contributed by atoms with van der Waals surface area (Å²) in [6.07, 6.45) is 45.1. The van der Waals surface area contributed by atoms with Crippen LogP contribution in [0.5, 0.6) is 0 Å². The Hall–Kier alpha value is -1.02. The number of allylic oxidation sites excluding steroid dienone is 3. The maximum absolute atomic E-state index is 12.9. The lowest BCUT2D eigenvalue weighted by atomic mass is 10.0. The van der Waals surface area contributed by atoms with Gasteiger partial charge in [-0.1, -0.05) is 199 Å². The molecule has 326 valence electrons. The third kappa shape index (κ3) is 41.0. The predicted molar refractivity (Wildman–Crippen MR) is 233 cm³/mol. The molecule has 0 rings (SSSR count). The Morgan fingerprint density at radius 2 is 1.02 bits per heavy atom. The highest BCUT2D eigenvalue weighted by Gasteiger charge is 2.23. The van der Waals surface area contributed by atoms with Crippen LogP contribution in [0.25, 0.3) is 0 Å². The molecule has 0 aromatic heterocycles. The summed E-state index contributed by atoms with van der Waals surface area (Å²) in [4.78, 5) is 25.3. The number of likely N-dealkylation sites (N-methyl/N-ethyl adjacent to an activating group) is 1. The highest BCUT2D eigenvalue weighted by atomic mass is 31.2. The number of carbonyl (C=O) groups excluding carboxylic acids is 1. The minimum absolute atomic E-state index is 0.00419. The highest BCUT2D eigenvalue weighted by molar-refractivity contribution is 7.45. The molecule has 0 radical (unpaired) electrons. The largest absolute Gasteiger partial charge is 0.756 e. The van der Waals surface area contributed by atoms with Crippen molar-refractivity contribution in [1.82, 2.24) is 5.32 Å². The average molecular weight is 799 g/mol. The molecule has 0 bridgehead atoms. The number of amides is 1. The van der Waals surface area contributed by atoms with Crippen LogP contribution in [0.2, 0.25) is 0 Å². The summed E-state index contributed by atoms with van der Waals surface area (Å²) < 4.78 is 23.2. The SMILES string of the molecule is CCCCCCCCCCCC/C=C/CC/C=C/C(O)C(COP(=O)([O-])OCC[N+](C)(C)C)NC(=O)CCCCCCCCCCCCCCCCCCC. The van der Waals surface area contributed by atoms with Crippen LogP contribution in [0.4, 0.5) is 0 Å². The molecule has 9 heteroatoms. The van der Waals surface area contributed by atoms with Gasteiger partial charge >= 0.3 is 0 Å². The molecule has 8 nitrogen and oxygen atoms in total. The zero-order valence-corrected chi connectivity index (χ0v) is 37.8. The number of hydrogen-bond donors (Lipinski definition) is 2. The van der Waals surface area contributed by atoms with E-state index in [0.717, 1.165) is 38.5 Å². The fourth-order valence-electron chi connectivity index (χ4n) is 6.70. The summed E-state index contributed by atoms with van der Waals surface area (Å²) in [5, 5.41) is 13.8. The molecule has 1 amide bonds. The third-order valence-corrected chi connectivity index (χ3v) is 11.4. The molecule has 3 atom stereocenters. The Kier molecular flexibility index (Phi) is 37.8. The summed E-state index contributed by atoms with van der Waals surface area (Å²) in [7, 11) is 1.25. The van der Waals surface area contributed by atoms with Gasteiger partial charge < -0.3 is 28.8 Å². The molecule has 0 aliphatic heterocycles. The maximum Gasteiger partial charge on any atom is 0.268 e. The monoisotopic (exact) mass is 799 g/mol. The number of phosphoric ester groups is 1. The summed E-state index contributed by atoms with van der Waals surface area (Å²) in [5.41, 5.74) is 0. The number of nitrogens with zero attached hydrogens (tertiary/aromatic N) is 1. The standard InChI is InChI=1S/C46H91N2O6P/c1-6-8-10-12-14-16-18-20-22-24-26-28-30-32-34-36-38-40-46(50)47-44(43-54-55(51,52)53-42-41-48(3,4)5)45(49)39-37-35-33-31-29-27-25-23-21-19-17-15-13-11-9-7-2/h29,31,37,39,44-45,49H,6-28,30,32-36,38,40-43H2,1-5H3,(H-,47,50,51,52)/b31-29+,39-37+. The Morgan fingerprint density at radius 3 is 1.47 bits per heavy atom. The summed E-state index contributed by atoms with van der Waals surface area (Å²) in [6, 6.07) is -0.898. The molecule has 55 heavy (non-hydrogen) atoms. The normalized spacial score (nSPS) is 14.5. The Morgan fingerprint density at radius 1 is 0.618 bits per heavy atom. The van der Waals surface area contributed by atoms with Crippen molar-refractivity contribution < 1.29 is 32.9 Å². The fraction of sp³-hybridized carbons (Fsp3) is 0.891. The van der Waals surface area contributed by atoms with Crippen LogP contribution in [-0.2, 0) is 18.4 Å². The van der Waals surface area contributed by atoms with Gasteiger partial charge in [-0.05, 0) is 32.1 Å². The van der Waals surface area contributed by atoms with E-state index in [1.807, 2.05) is 27.2 Å². The predicted octanol–water partition coefficient (Wildman–Crippen LogP) is 12.3. The number of nitrogens with one attached hydrogen (secondary N) is 1. The van der Waals surface area contributed by atoms with E-state index in [4.69, 9.17) is 9.05 Å². The second-order valence-electron chi connectivity index (χ2n) is 17.1. The van der Waals surface area contributed by atoms with Crippen molar-refractivity contribution in [1.29, 1.82) is 0 Å². The number of unbranched alkanes of at least 4 members (excludes halogenated alkanes) is 27. The van der Waals surface area contributed by atoms with Gasteiger partial charge in [0.1, 0.15) is 13.2 Å². The molecule has 0 aliphatic carbocycles. The molecule has 0 spiro atoms. The Bertz CT molecular complexity index is 953. The molecule has 0 saturated carbocycles. The van der Waals surface area contributed by atoms with Crippen molar-refractivity contribution in [2.45, 2.75) is 225 Å². The molecule has 0 aliphatic rings. The first-order chi connectivity index (χ1) is 26.5. The van der Waals surface area contributed by atoms with Gasteiger partial charge in [0.05, 0.1) is 39.9 Å².